The van der Waals surface area contributed by atoms with Crippen molar-refractivity contribution in [1.29, 1.82) is 0 Å². The van der Waals surface area contributed by atoms with Crippen molar-refractivity contribution in [1.82, 2.24) is 10.2 Å². The third kappa shape index (κ3) is 5.59. The summed E-state index contributed by atoms with van der Waals surface area (Å²) in [6, 6.07) is 21.1. The fourth-order valence-electron chi connectivity index (χ4n) is 3.99. The lowest BCUT2D eigenvalue weighted by Gasteiger charge is -2.28. The number of nitrogens with one attached hydrogen (secondary N) is 1. The average molecular weight is 463 g/mol. The minimum absolute atomic E-state index is 0.0279. The number of hydrogen-bond donors (Lipinski definition) is 1. The normalized spacial score (nSPS) is 14.2. The first-order valence-electron chi connectivity index (χ1n) is 10.6. The van der Waals surface area contributed by atoms with Gasteiger partial charge in [-0.05, 0) is 77.5 Å². The number of rotatable bonds is 7. The molecule has 4 heteroatoms. The van der Waals surface area contributed by atoms with Crippen molar-refractivity contribution in [3.05, 3.63) is 87.9 Å². The fraction of sp³-hybridized carbons (Fsp3) is 0.269. The molecule has 3 aromatic carbocycles. The van der Waals surface area contributed by atoms with Crippen LogP contribution >= 0.6 is 15.9 Å². The third-order valence-corrected chi connectivity index (χ3v) is 6.15. The number of carbonyl (C=O) groups excluding carboxylic acids is 1. The summed E-state index contributed by atoms with van der Waals surface area (Å²) >= 11 is 3.57. The van der Waals surface area contributed by atoms with E-state index >= 15 is 0 Å². The second kappa shape index (κ2) is 10.1. The first kappa shape index (κ1) is 20.8. The van der Waals surface area contributed by atoms with E-state index in [2.05, 4.69) is 68.6 Å². The average Bonchev–Trinajstić information content (AvgIpc) is 2.77. The molecule has 4 rings (SSSR count). The molecule has 0 spiro atoms. The standard InChI is InChI=1S/C26H27BrN2O/c27-25-11-10-22-13-16-29(19-24(22)18-25)15-4-3-14-28-26(30)12-8-20-7-9-21-5-1-2-6-23(21)17-20/h1-2,5-12,17-18H,3-4,13-16,19H2,(H,28,30). The largest absolute Gasteiger partial charge is 0.353 e. The van der Waals surface area contributed by atoms with E-state index in [4.69, 9.17) is 0 Å². The number of nitrogens with zero attached hydrogens (tertiary/aromatic N) is 1. The smallest absolute Gasteiger partial charge is 0.243 e. The van der Waals surface area contributed by atoms with E-state index in [1.54, 1.807) is 6.08 Å². The van der Waals surface area contributed by atoms with Gasteiger partial charge in [0.1, 0.15) is 0 Å². The van der Waals surface area contributed by atoms with Crippen LogP contribution in [0.25, 0.3) is 16.8 Å². The van der Waals surface area contributed by atoms with Gasteiger partial charge in [0.05, 0.1) is 0 Å². The predicted molar refractivity (Wildman–Crippen MR) is 128 cm³/mol. The Morgan fingerprint density at radius 2 is 1.87 bits per heavy atom. The quantitative estimate of drug-likeness (QED) is 0.367. The fourth-order valence-corrected chi connectivity index (χ4v) is 4.40. The van der Waals surface area contributed by atoms with Crippen molar-refractivity contribution >= 4 is 38.7 Å². The summed E-state index contributed by atoms with van der Waals surface area (Å²) in [7, 11) is 0. The maximum absolute atomic E-state index is 12.1. The van der Waals surface area contributed by atoms with Crippen molar-refractivity contribution in [2.45, 2.75) is 25.8 Å². The highest BCUT2D eigenvalue weighted by Gasteiger charge is 2.15. The molecule has 0 unspecified atom stereocenters. The van der Waals surface area contributed by atoms with Gasteiger partial charge < -0.3 is 5.32 Å². The van der Waals surface area contributed by atoms with Crippen LogP contribution in [0.4, 0.5) is 0 Å². The van der Waals surface area contributed by atoms with Gasteiger partial charge in [0.15, 0.2) is 0 Å². The molecule has 0 bridgehead atoms. The van der Waals surface area contributed by atoms with Crippen molar-refractivity contribution in [3.63, 3.8) is 0 Å². The van der Waals surface area contributed by atoms with Crippen LogP contribution in [0.1, 0.15) is 29.5 Å². The summed E-state index contributed by atoms with van der Waals surface area (Å²) in [6.07, 6.45) is 6.73. The lowest BCUT2D eigenvalue weighted by Crippen LogP contribution is -2.32. The molecule has 0 aromatic heterocycles. The molecule has 154 valence electrons. The van der Waals surface area contributed by atoms with Gasteiger partial charge in [-0.25, -0.2) is 0 Å². The molecule has 1 heterocycles. The van der Waals surface area contributed by atoms with Crippen LogP contribution < -0.4 is 5.32 Å². The van der Waals surface area contributed by atoms with E-state index in [0.717, 1.165) is 55.5 Å². The van der Waals surface area contributed by atoms with Crippen LogP contribution in [0.2, 0.25) is 0 Å². The van der Waals surface area contributed by atoms with Gasteiger partial charge in [0.2, 0.25) is 5.91 Å². The van der Waals surface area contributed by atoms with Crippen molar-refractivity contribution in [2.75, 3.05) is 19.6 Å². The Hall–Kier alpha value is -2.43. The highest BCUT2D eigenvalue weighted by Crippen LogP contribution is 2.23. The minimum atomic E-state index is -0.0279. The lowest BCUT2D eigenvalue weighted by atomic mass is 10.00. The molecule has 3 nitrogen and oxygen atoms in total. The zero-order valence-corrected chi connectivity index (χ0v) is 18.7. The summed E-state index contributed by atoms with van der Waals surface area (Å²) in [4.78, 5) is 14.6. The van der Waals surface area contributed by atoms with Crippen LogP contribution in [0.3, 0.4) is 0 Å². The van der Waals surface area contributed by atoms with Crippen LogP contribution in [0.5, 0.6) is 0 Å². The molecule has 30 heavy (non-hydrogen) atoms. The number of hydrogen-bond acceptors (Lipinski definition) is 2. The van der Waals surface area contributed by atoms with E-state index < -0.39 is 0 Å². The third-order valence-electron chi connectivity index (χ3n) is 5.66. The van der Waals surface area contributed by atoms with Gasteiger partial charge in [-0.3, -0.25) is 9.69 Å². The van der Waals surface area contributed by atoms with E-state index in [1.165, 1.54) is 21.9 Å². The van der Waals surface area contributed by atoms with Crippen molar-refractivity contribution < 1.29 is 4.79 Å². The molecule has 0 saturated heterocycles. The zero-order valence-electron chi connectivity index (χ0n) is 17.1. The second-order valence-corrected chi connectivity index (χ2v) is 8.79. The minimum Gasteiger partial charge on any atom is -0.353 e. The Bertz CT molecular complexity index is 1060. The number of fused-ring (bicyclic) bond motifs is 2. The number of benzene rings is 3. The zero-order chi connectivity index (χ0) is 20.8. The molecular weight excluding hydrogens is 436 g/mol. The van der Waals surface area contributed by atoms with Gasteiger partial charge in [-0.1, -0.05) is 58.4 Å². The maximum atomic E-state index is 12.1. The molecule has 1 N–H and O–H groups in total. The molecule has 0 aliphatic carbocycles. The summed E-state index contributed by atoms with van der Waals surface area (Å²) < 4.78 is 1.16. The number of amides is 1. The molecular formula is C26H27BrN2O. The number of halogens is 1. The molecule has 1 amide bonds. The topological polar surface area (TPSA) is 32.3 Å². The van der Waals surface area contributed by atoms with Gasteiger partial charge in [0, 0.05) is 30.2 Å². The Morgan fingerprint density at radius 3 is 2.77 bits per heavy atom. The van der Waals surface area contributed by atoms with Gasteiger partial charge in [0.25, 0.3) is 0 Å². The lowest BCUT2D eigenvalue weighted by molar-refractivity contribution is -0.116. The summed E-state index contributed by atoms with van der Waals surface area (Å²) in [5.41, 5.74) is 3.95. The van der Waals surface area contributed by atoms with Crippen molar-refractivity contribution in [3.8, 4) is 0 Å². The van der Waals surface area contributed by atoms with Crippen LogP contribution in [0, 0.1) is 0 Å². The van der Waals surface area contributed by atoms with Crippen LogP contribution in [0.15, 0.2) is 71.2 Å². The van der Waals surface area contributed by atoms with E-state index in [0.29, 0.717) is 0 Å². The first-order chi connectivity index (χ1) is 14.7. The second-order valence-electron chi connectivity index (χ2n) is 7.88. The molecule has 1 aliphatic rings. The summed E-state index contributed by atoms with van der Waals surface area (Å²) in [5, 5.41) is 5.40. The summed E-state index contributed by atoms with van der Waals surface area (Å²) in [5.74, 6) is -0.0279. The van der Waals surface area contributed by atoms with Gasteiger partial charge in [-0.15, -0.1) is 0 Å². The van der Waals surface area contributed by atoms with E-state index in [9.17, 15) is 4.79 Å². The molecule has 0 saturated carbocycles. The number of carbonyl (C=O) groups is 1. The molecule has 1 aliphatic heterocycles. The van der Waals surface area contributed by atoms with Gasteiger partial charge >= 0.3 is 0 Å². The van der Waals surface area contributed by atoms with Crippen molar-refractivity contribution in [2.24, 2.45) is 0 Å². The summed E-state index contributed by atoms with van der Waals surface area (Å²) in [6.45, 7) is 3.94. The van der Waals surface area contributed by atoms with Crippen LogP contribution in [-0.2, 0) is 17.8 Å². The molecule has 0 radical (unpaired) electrons. The highest BCUT2D eigenvalue weighted by atomic mass is 79.9. The monoisotopic (exact) mass is 462 g/mol. The molecule has 3 aromatic rings. The number of unbranched alkanes of at least 4 members (excludes halogenated alkanes) is 1. The Morgan fingerprint density at radius 1 is 1.00 bits per heavy atom. The SMILES string of the molecule is O=C(C=Cc1ccc2ccccc2c1)NCCCCN1CCc2ccc(Br)cc2C1. The highest BCUT2D eigenvalue weighted by molar-refractivity contribution is 9.10. The van der Waals surface area contributed by atoms with E-state index in [1.807, 2.05) is 24.3 Å². The van der Waals surface area contributed by atoms with Crippen LogP contribution in [-0.4, -0.2) is 30.4 Å². The Labute approximate surface area is 186 Å². The Balaban J connectivity index is 1.16. The first-order valence-corrected chi connectivity index (χ1v) is 11.4. The maximum Gasteiger partial charge on any atom is 0.243 e. The van der Waals surface area contributed by atoms with Gasteiger partial charge in [-0.2, -0.15) is 0 Å². The predicted octanol–water partition coefficient (Wildman–Crippen LogP) is 5.57. The van der Waals surface area contributed by atoms with E-state index in [-0.39, 0.29) is 5.91 Å². The molecule has 0 atom stereocenters. The Kier molecular flexibility index (Phi) is 6.98. The molecule has 0 fully saturated rings.